The van der Waals surface area contributed by atoms with Crippen LogP contribution in [0.2, 0.25) is 0 Å². The van der Waals surface area contributed by atoms with Gasteiger partial charge in [-0.2, -0.15) is 0 Å². The maximum atomic E-state index is 6.04. The Bertz CT molecular complexity index is 667. The van der Waals surface area contributed by atoms with E-state index in [4.69, 9.17) is 14.7 Å². The number of nitrogens with zero attached hydrogens (tertiary/aromatic N) is 2. The van der Waals surface area contributed by atoms with Crippen LogP contribution in [0.3, 0.4) is 0 Å². The van der Waals surface area contributed by atoms with Crippen LogP contribution >= 0.6 is 0 Å². The maximum absolute atomic E-state index is 6.04. The average Bonchev–Trinajstić information content (AvgIpc) is 3.08. The minimum atomic E-state index is 0.108. The van der Waals surface area contributed by atoms with Gasteiger partial charge in [-0.15, -0.1) is 0 Å². The van der Waals surface area contributed by atoms with Crippen LogP contribution in [0.5, 0.6) is 0 Å². The van der Waals surface area contributed by atoms with Gasteiger partial charge in [-0.1, -0.05) is 80.0 Å². The molecule has 1 aromatic carbocycles. The summed E-state index contributed by atoms with van der Waals surface area (Å²) in [5, 5.41) is 0. The lowest BCUT2D eigenvalue weighted by atomic mass is 9.88. The van der Waals surface area contributed by atoms with Gasteiger partial charge >= 0.3 is 0 Å². The third-order valence-corrected chi connectivity index (χ3v) is 5.25. The Labute approximate surface area is 166 Å². The first-order valence-corrected chi connectivity index (χ1v) is 10.6. The highest BCUT2D eigenvalue weighted by molar-refractivity contribution is 6.39. The van der Waals surface area contributed by atoms with E-state index in [-0.39, 0.29) is 11.5 Å². The molecule has 0 fully saturated rings. The van der Waals surface area contributed by atoms with Crippen LogP contribution in [0.15, 0.2) is 28.2 Å². The summed E-state index contributed by atoms with van der Waals surface area (Å²) in [7, 11) is 0. The van der Waals surface area contributed by atoms with Crippen molar-refractivity contribution in [2.45, 2.75) is 92.5 Å². The van der Waals surface area contributed by atoms with Gasteiger partial charge in [0.25, 0.3) is 0 Å². The molecule has 0 aliphatic carbocycles. The Kier molecular flexibility index (Phi) is 7.25. The summed E-state index contributed by atoms with van der Waals surface area (Å²) in [6, 6.07) is 6.78. The van der Waals surface area contributed by atoms with Gasteiger partial charge in [0.2, 0.25) is 5.90 Å². The molecule has 0 bridgehead atoms. The second-order valence-electron chi connectivity index (χ2n) is 9.38. The minimum absolute atomic E-state index is 0.108. The molecule has 0 saturated carbocycles. The van der Waals surface area contributed by atoms with Crippen molar-refractivity contribution in [3.05, 3.63) is 29.3 Å². The topological polar surface area (TPSA) is 34.0 Å². The van der Waals surface area contributed by atoms with Crippen molar-refractivity contribution in [1.82, 2.24) is 0 Å². The Morgan fingerprint density at radius 2 is 1.74 bits per heavy atom. The first-order chi connectivity index (χ1) is 12.6. The number of benzene rings is 1. The van der Waals surface area contributed by atoms with Crippen LogP contribution < -0.4 is 0 Å². The zero-order chi connectivity index (χ0) is 20.2. The predicted molar refractivity (Wildman–Crippen MR) is 118 cm³/mol. The summed E-state index contributed by atoms with van der Waals surface area (Å²) in [5.74, 6) is 1.63. The third-order valence-electron chi connectivity index (χ3n) is 5.25. The number of aliphatic imine (C=N–C) groups is 2. The molecule has 3 nitrogen and oxygen atoms in total. The standard InChI is InChI=1S/C24H38N2O/c1-9-10-14-20(23-26-21(15-27-23)24(6,7)8)25-22-18(16(2)3)12-11-13-19(22)17(4)5/h11-13,16-17,21H,9-10,14-15H2,1-8H3/t21-/m1/s1. The van der Waals surface area contributed by atoms with Crippen LogP contribution in [-0.2, 0) is 4.74 Å². The molecule has 3 heteroatoms. The second kappa shape index (κ2) is 9.03. The molecule has 0 saturated heterocycles. The molecular formula is C24H38N2O. The van der Waals surface area contributed by atoms with E-state index in [1.54, 1.807) is 0 Å². The largest absolute Gasteiger partial charge is 0.474 e. The lowest BCUT2D eigenvalue weighted by Crippen LogP contribution is -2.25. The molecule has 2 rings (SSSR count). The Balaban J connectivity index is 2.53. The number of para-hydroxylation sites is 1. The van der Waals surface area contributed by atoms with Crippen molar-refractivity contribution in [1.29, 1.82) is 0 Å². The lowest BCUT2D eigenvalue weighted by Gasteiger charge is -2.21. The Hall–Kier alpha value is -1.64. The normalized spacial score (nSPS) is 18.2. The van der Waals surface area contributed by atoms with Crippen LogP contribution in [-0.4, -0.2) is 24.3 Å². The van der Waals surface area contributed by atoms with E-state index >= 15 is 0 Å². The van der Waals surface area contributed by atoms with Gasteiger partial charge in [0.05, 0.1) is 11.7 Å². The molecule has 1 aromatic rings. The van der Waals surface area contributed by atoms with Crippen molar-refractivity contribution >= 4 is 17.3 Å². The van der Waals surface area contributed by atoms with E-state index in [1.165, 1.54) is 11.1 Å². The fourth-order valence-electron chi connectivity index (χ4n) is 3.31. The van der Waals surface area contributed by atoms with E-state index in [2.05, 4.69) is 73.6 Å². The summed E-state index contributed by atoms with van der Waals surface area (Å²) < 4.78 is 6.04. The van der Waals surface area contributed by atoms with Crippen molar-refractivity contribution in [2.75, 3.05) is 6.61 Å². The number of hydrogen-bond donors (Lipinski definition) is 0. The second-order valence-corrected chi connectivity index (χ2v) is 9.38. The van der Waals surface area contributed by atoms with Gasteiger partial charge in [0, 0.05) is 0 Å². The monoisotopic (exact) mass is 370 g/mol. The summed E-state index contributed by atoms with van der Waals surface area (Å²) in [6.07, 6.45) is 3.15. The first-order valence-electron chi connectivity index (χ1n) is 10.6. The fourth-order valence-corrected chi connectivity index (χ4v) is 3.31. The quantitative estimate of drug-likeness (QED) is 0.474. The Morgan fingerprint density at radius 1 is 1.15 bits per heavy atom. The van der Waals surface area contributed by atoms with Crippen LogP contribution in [0.25, 0.3) is 0 Å². The van der Waals surface area contributed by atoms with E-state index in [1.807, 2.05) is 0 Å². The van der Waals surface area contributed by atoms with E-state index in [0.717, 1.165) is 36.6 Å². The van der Waals surface area contributed by atoms with Crippen molar-refractivity contribution in [3.8, 4) is 0 Å². The zero-order valence-corrected chi connectivity index (χ0v) is 18.6. The van der Waals surface area contributed by atoms with E-state index in [9.17, 15) is 0 Å². The van der Waals surface area contributed by atoms with Gasteiger partial charge in [0.15, 0.2) is 0 Å². The SMILES string of the molecule is CCCCC(=Nc1c(C(C)C)cccc1C(C)C)C1=N[C@@H](C(C)(C)C)CO1. The van der Waals surface area contributed by atoms with Gasteiger partial charge in [-0.05, 0) is 41.2 Å². The smallest absolute Gasteiger partial charge is 0.231 e. The summed E-state index contributed by atoms with van der Waals surface area (Å²) in [5.41, 5.74) is 4.86. The molecule has 0 N–H and O–H groups in total. The van der Waals surface area contributed by atoms with Crippen molar-refractivity contribution < 1.29 is 4.74 Å². The molecule has 27 heavy (non-hydrogen) atoms. The van der Waals surface area contributed by atoms with Gasteiger partial charge in [0.1, 0.15) is 12.3 Å². The van der Waals surface area contributed by atoms with Crippen LogP contribution in [0.4, 0.5) is 5.69 Å². The molecule has 1 heterocycles. The van der Waals surface area contributed by atoms with Gasteiger partial charge in [-0.3, -0.25) is 0 Å². The van der Waals surface area contributed by atoms with E-state index in [0.29, 0.717) is 18.4 Å². The van der Waals surface area contributed by atoms with Gasteiger partial charge in [-0.25, -0.2) is 9.98 Å². The lowest BCUT2D eigenvalue weighted by molar-refractivity contribution is 0.237. The molecular weight excluding hydrogens is 332 g/mol. The first kappa shape index (κ1) is 21.7. The van der Waals surface area contributed by atoms with Gasteiger partial charge < -0.3 is 4.74 Å². The maximum Gasteiger partial charge on any atom is 0.231 e. The predicted octanol–water partition coefficient (Wildman–Crippen LogP) is 7.04. The molecule has 0 amide bonds. The van der Waals surface area contributed by atoms with Crippen molar-refractivity contribution in [3.63, 3.8) is 0 Å². The van der Waals surface area contributed by atoms with Crippen LogP contribution in [0.1, 0.15) is 97.6 Å². The summed E-state index contributed by atoms with van der Waals surface area (Å²) in [4.78, 5) is 10.1. The molecule has 0 spiro atoms. The minimum Gasteiger partial charge on any atom is -0.474 e. The molecule has 0 radical (unpaired) electrons. The summed E-state index contributed by atoms with van der Waals surface area (Å²) in [6.45, 7) is 18.5. The Morgan fingerprint density at radius 3 is 2.19 bits per heavy atom. The molecule has 1 aliphatic heterocycles. The van der Waals surface area contributed by atoms with Crippen molar-refractivity contribution in [2.24, 2.45) is 15.4 Å². The third kappa shape index (κ3) is 5.43. The fraction of sp³-hybridized carbons (Fsp3) is 0.667. The number of unbranched alkanes of at least 4 members (excludes halogenated alkanes) is 1. The molecule has 0 unspecified atom stereocenters. The molecule has 1 aliphatic rings. The molecule has 0 aromatic heterocycles. The summed E-state index contributed by atoms with van der Waals surface area (Å²) >= 11 is 0. The molecule has 150 valence electrons. The van der Waals surface area contributed by atoms with Crippen LogP contribution in [0, 0.1) is 5.41 Å². The number of ether oxygens (including phenoxy) is 1. The highest BCUT2D eigenvalue weighted by atomic mass is 16.5. The highest BCUT2D eigenvalue weighted by Crippen LogP contribution is 2.35. The number of rotatable bonds is 7. The average molecular weight is 371 g/mol. The highest BCUT2D eigenvalue weighted by Gasteiger charge is 2.32. The van der Waals surface area contributed by atoms with E-state index < -0.39 is 0 Å². The zero-order valence-electron chi connectivity index (χ0n) is 18.6. The number of hydrogen-bond acceptors (Lipinski definition) is 3. The molecule has 1 atom stereocenters.